The highest BCUT2D eigenvalue weighted by molar-refractivity contribution is 5.80. The zero-order valence-corrected chi connectivity index (χ0v) is 18.5. The minimum Gasteiger partial charge on any atom is -0.480 e. The molecule has 1 aromatic heterocycles. The van der Waals surface area contributed by atoms with Crippen molar-refractivity contribution >= 4 is 11.9 Å². The Labute approximate surface area is 181 Å². The third kappa shape index (κ3) is 11.7. The lowest BCUT2D eigenvalue weighted by Crippen LogP contribution is -2.33. The highest BCUT2D eigenvalue weighted by Crippen LogP contribution is 2.11. The monoisotopic (exact) mass is 417 g/mol. The largest absolute Gasteiger partial charge is 0.480 e. The lowest BCUT2D eigenvalue weighted by Gasteiger charge is -2.09. The molecule has 168 valence electrons. The Morgan fingerprint density at radius 1 is 1.03 bits per heavy atom. The van der Waals surface area contributed by atoms with E-state index in [1.165, 1.54) is 55.6 Å². The second-order valence-electron chi connectivity index (χ2n) is 7.78. The van der Waals surface area contributed by atoms with Gasteiger partial charge in [0.15, 0.2) is 0 Å². The summed E-state index contributed by atoms with van der Waals surface area (Å²) in [6.07, 6.45) is 25.1. The number of carboxylic acid groups (broad SMARTS) is 1. The van der Waals surface area contributed by atoms with Crippen LogP contribution in [0.15, 0.2) is 36.8 Å². The molecule has 0 radical (unpaired) electrons. The molecule has 1 aromatic rings. The van der Waals surface area contributed by atoms with Gasteiger partial charge in [-0.05, 0) is 38.5 Å². The maximum absolute atomic E-state index is 12.3. The predicted octanol–water partition coefficient (Wildman–Crippen LogP) is 5.29. The van der Waals surface area contributed by atoms with Crippen LogP contribution < -0.4 is 5.73 Å². The molecule has 0 bridgehead atoms. The molecule has 0 aliphatic rings. The molecule has 1 heterocycles. The van der Waals surface area contributed by atoms with Gasteiger partial charge in [0.2, 0.25) is 5.91 Å². The van der Waals surface area contributed by atoms with Crippen molar-refractivity contribution in [3.8, 4) is 0 Å². The molecule has 3 N–H and O–H groups in total. The molecule has 6 nitrogen and oxygen atoms in total. The van der Waals surface area contributed by atoms with Gasteiger partial charge >= 0.3 is 5.97 Å². The van der Waals surface area contributed by atoms with Crippen LogP contribution in [0.2, 0.25) is 0 Å². The minimum absolute atomic E-state index is 0.0502. The van der Waals surface area contributed by atoms with E-state index in [-0.39, 0.29) is 12.3 Å². The highest BCUT2D eigenvalue weighted by Gasteiger charge is 2.17. The van der Waals surface area contributed by atoms with E-state index in [2.05, 4.69) is 36.2 Å². The Hall–Kier alpha value is -2.21. The smallest absolute Gasteiger partial charge is 0.320 e. The topological polar surface area (TPSA) is 98.2 Å². The van der Waals surface area contributed by atoms with Crippen LogP contribution in [-0.4, -0.2) is 32.6 Å². The number of unbranched alkanes of at least 4 members (excludes halogenated alkanes) is 8. The molecule has 0 aromatic carbocycles. The van der Waals surface area contributed by atoms with Gasteiger partial charge in [-0.15, -0.1) is 0 Å². The number of aliphatic carboxylic acids is 1. The van der Waals surface area contributed by atoms with E-state index < -0.39 is 12.0 Å². The third-order valence-corrected chi connectivity index (χ3v) is 5.07. The first-order valence-electron chi connectivity index (χ1n) is 11.4. The van der Waals surface area contributed by atoms with Crippen LogP contribution in [0.5, 0.6) is 0 Å². The fraction of sp³-hybridized carbons (Fsp3) is 0.625. The number of hydrogen-bond donors (Lipinski definition) is 2. The van der Waals surface area contributed by atoms with Gasteiger partial charge in [0.1, 0.15) is 12.4 Å². The van der Waals surface area contributed by atoms with Gasteiger partial charge in [0.05, 0.1) is 0 Å². The minimum atomic E-state index is -1.08. The summed E-state index contributed by atoms with van der Waals surface area (Å²) in [5, 5.41) is 8.92. The molecule has 1 unspecified atom stereocenters. The Kier molecular flexibility index (Phi) is 14.3. The van der Waals surface area contributed by atoms with Crippen molar-refractivity contribution in [3.05, 3.63) is 42.5 Å². The zero-order valence-electron chi connectivity index (χ0n) is 18.5. The maximum Gasteiger partial charge on any atom is 0.320 e. The SMILES string of the molecule is CCCCC/C=C\C/C=C\CCCCCCCC(=O)n1cncc1CC(N)C(=O)O. The van der Waals surface area contributed by atoms with Crippen LogP contribution in [0.25, 0.3) is 0 Å². The van der Waals surface area contributed by atoms with Gasteiger partial charge in [0, 0.05) is 24.7 Å². The normalized spacial score (nSPS) is 12.7. The summed E-state index contributed by atoms with van der Waals surface area (Å²) in [7, 11) is 0. The summed E-state index contributed by atoms with van der Waals surface area (Å²) in [5.41, 5.74) is 6.11. The van der Waals surface area contributed by atoms with Gasteiger partial charge in [-0.3, -0.25) is 14.2 Å². The summed E-state index contributed by atoms with van der Waals surface area (Å²) in [6.45, 7) is 2.23. The van der Waals surface area contributed by atoms with Gasteiger partial charge in [-0.25, -0.2) is 4.98 Å². The first-order chi connectivity index (χ1) is 14.6. The van der Waals surface area contributed by atoms with Crippen molar-refractivity contribution in [1.29, 1.82) is 0 Å². The van der Waals surface area contributed by atoms with Crippen molar-refractivity contribution in [1.82, 2.24) is 9.55 Å². The number of imidazole rings is 1. The van der Waals surface area contributed by atoms with Gasteiger partial charge in [0.25, 0.3) is 0 Å². The number of nitrogens with two attached hydrogens (primary N) is 1. The summed E-state index contributed by atoms with van der Waals surface area (Å²) in [5.74, 6) is -1.13. The molecule has 0 saturated heterocycles. The van der Waals surface area contributed by atoms with Gasteiger partial charge < -0.3 is 10.8 Å². The van der Waals surface area contributed by atoms with Gasteiger partial charge in [-0.1, -0.05) is 63.3 Å². The number of aromatic nitrogens is 2. The zero-order chi connectivity index (χ0) is 22.0. The fourth-order valence-electron chi connectivity index (χ4n) is 3.22. The Morgan fingerprint density at radius 3 is 2.33 bits per heavy atom. The van der Waals surface area contributed by atoms with Crippen molar-refractivity contribution in [2.24, 2.45) is 5.73 Å². The lowest BCUT2D eigenvalue weighted by atomic mass is 10.1. The second kappa shape index (κ2) is 16.6. The summed E-state index contributed by atoms with van der Waals surface area (Å²) >= 11 is 0. The molecule has 6 heteroatoms. The number of carboxylic acids is 1. The number of rotatable bonds is 17. The molecule has 1 atom stereocenters. The van der Waals surface area contributed by atoms with Crippen LogP contribution in [0, 0.1) is 0 Å². The van der Waals surface area contributed by atoms with Crippen molar-refractivity contribution in [2.45, 2.75) is 96.4 Å². The van der Waals surface area contributed by atoms with E-state index >= 15 is 0 Å². The average Bonchev–Trinajstić information content (AvgIpc) is 3.18. The number of allylic oxidation sites excluding steroid dienone is 4. The van der Waals surface area contributed by atoms with Crippen molar-refractivity contribution in [2.75, 3.05) is 0 Å². The van der Waals surface area contributed by atoms with Crippen molar-refractivity contribution < 1.29 is 14.7 Å². The Balaban J connectivity index is 2.07. The van der Waals surface area contributed by atoms with Crippen LogP contribution in [0.4, 0.5) is 0 Å². The molecule has 0 spiro atoms. The molecule has 0 fully saturated rings. The van der Waals surface area contributed by atoms with E-state index in [9.17, 15) is 9.59 Å². The van der Waals surface area contributed by atoms with Crippen LogP contribution >= 0.6 is 0 Å². The van der Waals surface area contributed by atoms with Gasteiger partial charge in [-0.2, -0.15) is 0 Å². The van der Waals surface area contributed by atoms with E-state index in [4.69, 9.17) is 10.8 Å². The van der Waals surface area contributed by atoms with Crippen LogP contribution in [0.1, 0.15) is 94.5 Å². The summed E-state index contributed by atoms with van der Waals surface area (Å²) in [6, 6.07) is -1.02. The Morgan fingerprint density at radius 2 is 1.67 bits per heavy atom. The second-order valence-corrected chi connectivity index (χ2v) is 7.78. The highest BCUT2D eigenvalue weighted by atomic mass is 16.4. The quantitative estimate of drug-likeness (QED) is 0.265. The number of carbonyl (C=O) groups is 2. The van der Waals surface area contributed by atoms with E-state index in [0.29, 0.717) is 12.1 Å². The van der Waals surface area contributed by atoms with E-state index in [1.807, 2.05) is 0 Å². The summed E-state index contributed by atoms with van der Waals surface area (Å²) < 4.78 is 1.44. The molecule has 0 saturated carbocycles. The molecule has 30 heavy (non-hydrogen) atoms. The lowest BCUT2D eigenvalue weighted by molar-refractivity contribution is -0.138. The molecule has 0 aliphatic heterocycles. The molecule has 0 amide bonds. The molecular weight excluding hydrogens is 378 g/mol. The molecule has 1 rings (SSSR count). The van der Waals surface area contributed by atoms with Crippen LogP contribution in [-0.2, 0) is 11.2 Å². The first-order valence-corrected chi connectivity index (χ1v) is 11.4. The standard InChI is InChI=1S/C24H39N3O3/c1-2-3-4-5-6-7-8-9-10-11-12-13-14-15-16-17-23(28)27-20-26-19-21(27)18-22(25)24(29)30/h6-7,9-10,19-20,22H,2-5,8,11-18,25H2,1H3,(H,29,30)/b7-6-,10-9-. The first kappa shape index (κ1) is 25.8. The van der Waals surface area contributed by atoms with E-state index in [1.54, 1.807) is 0 Å². The predicted molar refractivity (Wildman–Crippen MR) is 122 cm³/mol. The number of hydrogen-bond acceptors (Lipinski definition) is 4. The maximum atomic E-state index is 12.3. The summed E-state index contributed by atoms with van der Waals surface area (Å²) in [4.78, 5) is 27.2. The van der Waals surface area contributed by atoms with Crippen LogP contribution in [0.3, 0.4) is 0 Å². The molecular formula is C24H39N3O3. The van der Waals surface area contributed by atoms with Crippen molar-refractivity contribution in [3.63, 3.8) is 0 Å². The molecule has 0 aliphatic carbocycles. The number of nitrogens with zero attached hydrogens (tertiary/aromatic N) is 2. The third-order valence-electron chi connectivity index (χ3n) is 5.07. The van der Waals surface area contributed by atoms with E-state index in [0.717, 1.165) is 32.1 Å². The Bertz CT molecular complexity index is 664. The fourth-order valence-corrected chi connectivity index (χ4v) is 3.22. The average molecular weight is 418 g/mol. The number of carbonyl (C=O) groups excluding carboxylic acids is 1.